The lowest BCUT2D eigenvalue weighted by Crippen LogP contribution is -2.34. The summed E-state index contributed by atoms with van der Waals surface area (Å²) < 4.78 is 0. The molecule has 0 spiro atoms. The van der Waals surface area contributed by atoms with Crippen molar-refractivity contribution in [1.29, 1.82) is 0 Å². The monoisotopic (exact) mass is 281 g/mol. The van der Waals surface area contributed by atoms with E-state index in [4.69, 9.17) is 0 Å². The minimum atomic E-state index is 0.139. The molecule has 0 aromatic carbocycles. The van der Waals surface area contributed by atoms with Gasteiger partial charge in [0.1, 0.15) is 0 Å². The van der Waals surface area contributed by atoms with Crippen LogP contribution in [-0.4, -0.2) is 40.2 Å². The van der Waals surface area contributed by atoms with Crippen molar-refractivity contribution in [3.05, 3.63) is 17.5 Å². The first kappa shape index (κ1) is 14.9. The van der Waals surface area contributed by atoms with Crippen LogP contribution in [-0.2, 0) is 12.0 Å². The number of nitrogens with zero attached hydrogens (tertiary/aromatic N) is 2. The summed E-state index contributed by atoms with van der Waals surface area (Å²) in [7, 11) is 0. The maximum absolute atomic E-state index is 4.44. The van der Waals surface area contributed by atoms with Gasteiger partial charge in [-0.2, -0.15) is 16.9 Å². The highest BCUT2D eigenvalue weighted by Crippen LogP contribution is 2.23. The number of likely N-dealkylation sites (tertiary alicyclic amines) is 1. The van der Waals surface area contributed by atoms with E-state index in [1.54, 1.807) is 0 Å². The molecule has 1 aliphatic rings. The van der Waals surface area contributed by atoms with Gasteiger partial charge in [-0.3, -0.25) is 10.00 Å². The zero-order valence-corrected chi connectivity index (χ0v) is 13.5. The van der Waals surface area contributed by atoms with E-state index in [1.807, 2.05) is 11.8 Å². The first-order valence-electron chi connectivity index (χ1n) is 7.25. The van der Waals surface area contributed by atoms with Crippen LogP contribution in [0.2, 0.25) is 0 Å². The molecule has 0 saturated carbocycles. The first-order chi connectivity index (χ1) is 8.99. The molecule has 0 amide bonds. The van der Waals surface area contributed by atoms with Crippen LogP contribution >= 0.6 is 11.8 Å². The van der Waals surface area contributed by atoms with Gasteiger partial charge >= 0.3 is 0 Å². The fraction of sp³-hybridized carbons (Fsp3) is 0.800. The van der Waals surface area contributed by atoms with Gasteiger partial charge in [0.2, 0.25) is 0 Å². The predicted molar refractivity (Wildman–Crippen MR) is 83.7 cm³/mol. The third-order valence-electron chi connectivity index (χ3n) is 3.90. The van der Waals surface area contributed by atoms with E-state index in [2.05, 4.69) is 48.2 Å². The number of thioether (sulfide) groups is 1. The minimum Gasteiger partial charge on any atom is -0.298 e. The van der Waals surface area contributed by atoms with Crippen LogP contribution in [0.1, 0.15) is 45.0 Å². The topological polar surface area (TPSA) is 31.9 Å². The molecule has 2 rings (SSSR count). The van der Waals surface area contributed by atoms with E-state index in [0.29, 0.717) is 0 Å². The SMILES string of the molecule is CSCC1CCN(Cc2cc(C(C)(C)C)n[nH]2)CC1. The van der Waals surface area contributed by atoms with Gasteiger partial charge in [0.05, 0.1) is 5.69 Å². The Morgan fingerprint density at radius 2 is 2.05 bits per heavy atom. The second-order valence-electron chi connectivity index (χ2n) is 6.70. The molecule has 1 aromatic rings. The summed E-state index contributed by atoms with van der Waals surface area (Å²) in [5.41, 5.74) is 2.56. The summed E-state index contributed by atoms with van der Waals surface area (Å²) in [6, 6.07) is 2.23. The van der Waals surface area contributed by atoms with E-state index >= 15 is 0 Å². The van der Waals surface area contributed by atoms with Crippen molar-refractivity contribution in [3.8, 4) is 0 Å². The highest BCUT2D eigenvalue weighted by molar-refractivity contribution is 7.98. The van der Waals surface area contributed by atoms with Crippen LogP contribution in [0.5, 0.6) is 0 Å². The number of aromatic nitrogens is 2. The Labute approximate surface area is 121 Å². The van der Waals surface area contributed by atoms with Crippen LogP contribution in [0.15, 0.2) is 6.07 Å². The third-order valence-corrected chi connectivity index (χ3v) is 4.71. The molecule has 0 radical (unpaired) electrons. The highest BCUT2D eigenvalue weighted by Gasteiger charge is 2.21. The third kappa shape index (κ3) is 4.25. The van der Waals surface area contributed by atoms with Crippen LogP contribution in [0.3, 0.4) is 0 Å². The Hall–Kier alpha value is -0.480. The molecule has 1 aliphatic heterocycles. The minimum absolute atomic E-state index is 0.139. The average molecular weight is 281 g/mol. The van der Waals surface area contributed by atoms with E-state index in [-0.39, 0.29) is 5.41 Å². The van der Waals surface area contributed by atoms with Crippen molar-refractivity contribution < 1.29 is 0 Å². The summed E-state index contributed by atoms with van der Waals surface area (Å²) in [6.45, 7) is 10.1. The molecule has 4 heteroatoms. The van der Waals surface area contributed by atoms with Crippen molar-refractivity contribution in [3.63, 3.8) is 0 Å². The van der Waals surface area contributed by atoms with Crippen molar-refractivity contribution in [2.24, 2.45) is 5.92 Å². The molecule has 1 fully saturated rings. The summed E-state index contributed by atoms with van der Waals surface area (Å²) in [6.07, 6.45) is 4.91. The number of rotatable bonds is 4. The molecule has 0 bridgehead atoms. The molecule has 19 heavy (non-hydrogen) atoms. The molecule has 0 unspecified atom stereocenters. The zero-order chi connectivity index (χ0) is 13.9. The summed E-state index contributed by atoms with van der Waals surface area (Å²) >= 11 is 1.98. The van der Waals surface area contributed by atoms with Crippen molar-refractivity contribution in [2.75, 3.05) is 25.1 Å². The first-order valence-corrected chi connectivity index (χ1v) is 8.64. The van der Waals surface area contributed by atoms with Crippen molar-refractivity contribution in [1.82, 2.24) is 15.1 Å². The van der Waals surface area contributed by atoms with Crippen LogP contribution in [0, 0.1) is 5.92 Å². The molecular formula is C15H27N3S. The van der Waals surface area contributed by atoms with Gasteiger partial charge in [-0.1, -0.05) is 20.8 Å². The number of piperidine rings is 1. The van der Waals surface area contributed by atoms with Crippen molar-refractivity contribution >= 4 is 11.8 Å². The van der Waals surface area contributed by atoms with Gasteiger partial charge in [-0.05, 0) is 49.9 Å². The maximum atomic E-state index is 4.44. The van der Waals surface area contributed by atoms with Crippen LogP contribution in [0.4, 0.5) is 0 Å². The van der Waals surface area contributed by atoms with E-state index in [1.165, 1.54) is 43.1 Å². The molecular weight excluding hydrogens is 254 g/mol. The number of hydrogen-bond acceptors (Lipinski definition) is 3. The smallest absolute Gasteiger partial charge is 0.0678 e. The predicted octanol–water partition coefficient (Wildman–Crippen LogP) is 3.28. The largest absolute Gasteiger partial charge is 0.298 e. The molecule has 3 nitrogen and oxygen atoms in total. The second-order valence-corrected chi connectivity index (χ2v) is 7.61. The van der Waals surface area contributed by atoms with Gasteiger partial charge in [0.25, 0.3) is 0 Å². The fourth-order valence-electron chi connectivity index (χ4n) is 2.61. The van der Waals surface area contributed by atoms with Gasteiger partial charge in [-0.25, -0.2) is 0 Å². The lowest BCUT2D eigenvalue weighted by Gasteiger charge is -2.31. The van der Waals surface area contributed by atoms with Crippen LogP contribution in [0.25, 0.3) is 0 Å². The quantitative estimate of drug-likeness (QED) is 0.919. The molecule has 0 atom stereocenters. The van der Waals surface area contributed by atoms with E-state index < -0.39 is 0 Å². The second kappa shape index (κ2) is 6.31. The number of hydrogen-bond donors (Lipinski definition) is 1. The average Bonchev–Trinajstić information content (AvgIpc) is 2.80. The van der Waals surface area contributed by atoms with Crippen molar-refractivity contribution in [2.45, 2.75) is 45.6 Å². The summed E-state index contributed by atoms with van der Waals surface area (Å²) in [5, 5.41) is 7.64. The Bertz CT molecular complexity index is 386. The van der Waals surface area contributed by atoms with Crippen LogP contribution < -0.4 is 0 Å². The number of nitrogens with one attached hydrogen (secondary N) is 1. The Kier molecular flexibility index (Phi) is 4.96. The maximum Gasteiger partial charge on any atom is 0.0678 e. The summed E-state index contributed by atoms with van der Waals surface area (Å²) in [5.74, 6) is 2.25. The normalized spacial score (nSPS) is 18.9. The fourth-order valence-corrected chi connectivity index (χ4v) is 3.42. The molecule has 108 valence electrons. The molecule has 1 saturated heterocycles. The molecule has 0 aliphatic carbocycles. The van der Waals surface area contributed by atoms with Gasteiger partial charge in [0, 0.05) is 17.7 Å². The van der Waals surface area contributed by atoms with E-state index in [0.717, 1.165) is 12.5 Å². The lowest BCUT2D eigenvalue weighted by atomic mass is 9.92. The molecule has 2 heterocycles. The highest BCUT2D eigenvalue weighted by atomic mass is 32.2. The zero-order valence-electron chi connectivity index (χ0n) is 12.7. The Balaban J connectivity index is 1.84. The van der Waals surface area contributed by atoms with Gasteiger partial charge in [-0.15, -0.1) is 0 Å². The van der Waals surface area contributed by atoms with Gasteiger partial charge < -0.3 is 0 Å². The standard InChI is InChI=1S/C15H27N3S/c1-15(2,3)14-9-13(16-17-14)10-18-7-5-12(6-8-18)11-19-4/h9,12H,5-8,10-11H2,1-4H3,(H,16,17). The Morgan fingerprint density at radius 1 is 1.37 bits per heavy atom. The number of aromatic amines is 1. The molecule has 1 N–H and O–H groups in total. The molecule has 1 aromatic heterocycles. The number of H-pyrrole nitrogens is 1. The Morgan fingerprint density at radius 3 is 2.58 bits per heavy atom. The summed E-state index contributed by atoms with van der Waals surface area (Å²) in [4.78, 5) is 2.55. The van der Waals surface area contributed by atoms with Gasteiger partial charge in [0.15, 0.2) is 0 Å². The van der Waals surface area contributed by atoms with E-state index in [9.17, 15) is 0 Å². The lowest BCUT2D eigenvalue weighted by molar-refractivity contribution is 0.185.